The summed E-state index contributed by atoms with van der Waals surface area (Å²) in [6, 6.07) is 4.43. The van der Waals surface area contributed by atoms with Crippen LogP contribution >= 0.6 is 0 Å². The minimum absolute atomic E-state index is 0.337. The fraction of sp³-hybridized carbons (Fsp3) is 0.286. The van der Waals surface area contributed by atoms with Crippen molar-refractivity contribution in [3.8, 4) is 11.1 Å². The lowest BCUT2D eigenvalue weighted by Gasteiger charge is -2.19. The number of halogens is 1. The molecule has 0 aliphatic carbocycles. The van der Waals surface area contributed by atoms with E-state index in [1.807, 2.05) is 0 Å². The summed E-state index contributed by atoms with van der Waals surface area (Å²) in [5, 5.41) is 8.88. The second-order valence-electron chi connectivity index (χ2n) is 5.31. The van der Waals surface area contributed by atoms with Gasteiger partial charge in [-0.1, -0.05) is 0 Å². The summed E-state index contributed by atoms with van der Waals surface area (Å²) < 4.78 is 19.1. The van der Waals surface area contributed by atoms with Crippen molar-refractivity contribution in [2.45, 2.75) is 26.4 Å². The third kappa shape index (κ3) is 3.57. The zero-order valence-corrected chi connectivity index (χ0v) is 11.5. The van der Waals surface area contributed by atoms with Crippen molar-refractivity contribution < 1.29 is 13.9 Å². The van der Waals surface area contributed by atoms with Crippen LogP contribution in [0, 0.1) is 5.82 Å². The molecule has 0 radical (unpaired) electrons. The third-order valence-corrected chi connectivity index (χ3v) is 2.42. The van der Waals surface area contributed by atoms with Crippen molar-refractivity contribution in [2.24, 2.45) is 0 Å². The highest BCUT2D eigenvalue weighted by atomic mass is 19.1. The monoisotopic (exact) mass is 277 g/mol. The molecule has 0 spiro atoms. The maximum atomic E-state index is 14.0. The molecule has 1 heterocycles. The number of aromatic nitrogens is 2. The zero-order valence-electron chi connectivity index (χ0n) is 11.5. The Kier molecular flexibility index (Phi) is 3.74. The van der Waals surface area contributed by atoms with Gasteiger partial charge in [0, 0.05) is 23.0 Å². The van der Waals surface area contributed by atoms with Gasteiger partial charge in [0.1, 0.15) is 11.4 Å². The van der Waals surface area contributed by atoms with Gasteiger partial charge < -0.3 is 4.74 Å². The third-order valence-electron chi connectivity index (χ3n) is 2.42. The molecule has 0 bridgehead atoms. The van der Waals surface area contributed by atoms with E-state index in [1.165, 1.54) is 12.3 Å². The number of rotatable bonds is 2. The standard InChI is InChI=1S/C14H16FN3O2/c1-14(2,3)20-13(19)18-10-4-5-11(12(15)6-10)9-7-16-17-8-9/h4-8H,1-3H3,(H,16,17)(H,18,19). The molecule has 5 nitrogen and oxygen atoms in total. The van der Waals surface area contributed by atoms with Crippen LogP contribution < -0.4 is 5.32 Å². The number of nitrogens with one attached hydrogen (secondary N) is 2. The number of aromatic amines is 1. The Labute approximate surface area is 116 Å². The van der Waals surface area contributed by atoms with Crippen LogP contribution in [0.2, 0.25) is 0 Å². The van der Waals surface area contributed by atoms with Crippen LogP contribution in [0.25, 0.3) is 11.1 Å². The zero-order chi connectivity index (χ0) is 14.8. The van der Waals surface area contributed by atoms with E-state index in [0.29, 0.717) is 16.8 Å². The van der Waals surface area contributed by atoms with E-state index in [-0.39, 0.29) is 0 Å². The summed E-state index contributed by atoms with van der Waals surface area (Å²) >= 11 is 0. The van der Waals surface area contributed by atoms with E-state index < -0.39 is 17.5 Å². The summed E-state index contributed by atoms with van der Waals surface area (Å²) in [6.45, 7) is 5.28. The molecule has 0 unspecified atom stereocenters. The molecule has 6 heteroatoms. The number of carbonyl (C=O) groups excluding carboxylic acids is 1. The highest BCUT2D eigenvalue weighted by Gasteiger charge is 2.16. The second kappa shape index (κ2) is 5.32. The van der Waals surface area contributed by atoms with Gasteiger partial charge in [0.25, 0.3) is 0 Å². The maximum absolute atomic E-state index is 14.0. The van der Waals surface area contributed by atoms with Gasteiger partial charge in [-0.2, -0.15) is 5.10 Å². The molecule has 0 fully saturated rings. The van der Waals surface area contributed by atoms with E-state index in [1.54, 1.807) is 39.1 Å². The molecule has 1 aromatic heterocycles. The van der Waals surface area contributed by atoms with E-state index in [0.717, 1.165) is 0 Å². The van der Waals surface area contributed by atoms with Crippen molar-refractivity contribution in [2.75, 3.05) is 5.32 Å². The Balaban J connectivity index is 2.12. The van der Waals surface area contributed by atoms with Gasteiger partial charge in [0.2, 0.25) is 0 Å². The number of anilines is 1. The number of hydrogen-bond donors (Lipinski definition) is 2. The smallest absolute Gasteiger partial charge is 0.412 e. The van der Waals surface area contributed by atoms with Gasteiger partial charge in [-0.15, -0.1) is 0 Å². The number of carbonyl (C=O) groups is 1. The Morgan fingerprint density at radius 3 is 2.70 bits per heavy atom. The average Bonchev–Trinajstić information content (AvgIpc) is 2.79. The number of hydrogen-bond acceptors (Lipinski definition) is 3. The van der Waals surface area contributed by atoms with Gasteiger partial charge >= 0.3 is 6.09 Å². The van der Waals surface area contributed by atoms with Gasteiger partial charge in [0.05, 0.1) is 6.20 Å². The summed E-state index contributed by atoms with van der Waals surface area (Å²) in [7, 11) is 0. The molecule has 1 amide bonds. The van der Waals surface area contributed by atoms with Crippen molar-refractivity contribution in [3.05, 3.63) is 36.4 Å². The number of amides is 1. The first kappa shape index (κ1) is 14.0. The Morgan fingerprint density at radius 2 is 2.15 bits per heavy atom. The summed E-state index contributed by atoms with van der Waals surface area (Å²) in [6.07, 6.45) is 2.51. The van der Waals surface area contributed by atoms with Gasteiger partial charge in [-0.3, -0.25) is 10.4 Å². The number of nitrogens with zero attached hydrogens (tertiary/aromatic N) is 1. The molecule has 106 valence electrons. The molecular weight excluding hydrogens is 261 g/mol. The first-order chi connectivity index (χ1) is 9.35. The summed E-state index contributed by atoms with van der Waals surface area (Å²) in [5.41, 5.74) is 0.795. The molecule has 0 atom stereocenters. The normalized spacial score (nSPS) is 11.2. The summed E-state index contributed by atoms with van der Waals surface area (Å²) in [4.78, 5) is 11.6. The average molecular weight is 277 g/mol. The Bertz CT molecular complexity index is 603. The van der Waals surface area contributed by atoms with Crippen LogP contribution in [0.15, 0.2) is 30.6 Å². The molecule has 0 saturated carbocycles. The maximum Gasteiger partial charge on any atom is 0.412 e. The largest absolute Gasteiger partial charge is 0.444 e. The molecule has 0 aliphatic rings. The number of H-pyrrole nitrogens is 1. The van der Waals surface area contributed by atoms with E-state index in [2.05, 4.69) is 15.5 Å². The minimum Gasteiger partial charge on any atom is -0.444 e. The van der Waals surface area contributed by atoms with Gasteiger partial charge in [-0.05, 0) is 39.0 Å². The first-order valence-electron chi connectivity index (χ1n) is 6.14. The lowest BCUT2D eigenvalue weighted by atomic mass is 10.1. The van der Waals surface area contributed by atoms with Crippen LogP contribution in [0.4, 0.5) is 14.9 Å². The van der Waals surface area contributed by atoms with E-state index >= 15 is 0 Å². The molecular formula is C14H16FN3O2. The molecule has 2 rings (SSSR count). The van der Waals surface area contributed by atoms with Crippen molar-refractivity contribution in [1.29, 1.82) is 0 Å². The van der Waals surface area contributed by atoms with Crippen molar-refractivity contribution >= 4 is 11.8 Å². The van der Waals surface area contributed by atoms with Crippen molar-refractivity contribution in [1.82, 2.24) is 10.2 Å². The molecule has 0 aliphatic heterocycles. The molecule has 2 N–H and O–H groups in total. The topological polar surface area (TPSA) is 67.0 Å². The minimum atomic E-state index is -0.618. The number of benzene rings is 1. The predicted octanol–water partition coefficient (Wildman–Crippen LogP) is 3.56. The fourth-order valence-corrected chi connectivity index (χ4v) is 1.65. The second-order valence-corrected chi connectivity index (χ2v) is 5.31. The van der Waals surface area contributed by atoms with Gasteiger partial charge in [-0.25, -0.2) is 9.18 Å². The first-order valence-corrected chi connectivity index (χ1v) is 6.14. The SMILES string of the molecule is CC(C)(C)OC(=O)Nc1ccc(-c2cn[nH]c2)c(F)c1. The fourth-order valence-electron chi connectivity index (χ4n) is 1.65. The number of ether oxygens (including phenoxy) is 1. The van der Waals surface area contributed by atoms with Crippen LogP contribution in [-0.2, 0) is 4.74 Å². The van der Waals surface area contributed by atoms with Crippen LogP contribution in [0.1, 0.15) is 20.8 Å². The van der Waals surface area contributed by atoms with Crippen LogP contribution in [0.5, 0.6) is 0 Å². The molecule has 0 saturated heterocycles. The predicted molar refractivity (Wildman–Crippen MR) is 73.8 cm³/mol. The highest BCUT2D eigenvalue weighted by Crippen LogP contribution is 2.24. The Hall–Kier alpha value is -2.37. The van der Waals surface area contributed by atoms with Crippen LogP contribution in [0.3, 0.4) is 0 Å². The summed E-state index contributed by atoms with van der Waals surface area (Å²) in [5.74, 6) is -0.444. The lowest BCUT2D eigenvalue weighted by molar-refractivity contribution is 0.0636. The van der Waals surface area contributed by atoms with Crippen LogP contribution in [-0.4, -0.2) is 21.9 Å². The molecule has 2 aromatic rings. The van der Waals surface area contributed by atoms with E-state index in [9.17, 15) is 9.18 Å². The lowest BCUT2D eigenvalue weighted by Crippen LogP contribution is -2.27. The quantitative estimate of drug-likeness (QED) is 0.882. The van der Waals surface area contributed by atoms with Gasteiger partial charge in [0.15, 0.2) is 0 Å². The highest BCUT2D eigenvalue weighted by molar-refractivity contribution is 5.85. The Morgan fingerprint density at radius 1 is 1.40 bits per heavy atom. The van der Waals surface area contributed by atoms with E-state index in [4.69, 9.17) is 4.74 Å². The van der Waals surface area contributed by atoms with Crippen molar-refractivity contribution in [3.63, 3.8) is 0 Å². The molecule has 1 aromatic carbocycles. The molecule has 20 heavy (non-hydrogen) atoms.